The highest BCUT2D eigenvalue weighted by Gasteiger charge is 2.17. The molecule has 0 radical (unpaired) electrons. The van der Waals surface area contributed by atoms with Gasteiger partial charge in [0, 0.05) is 13.0 Å². The lowest BCUT2D eigenvalue weighted by Gasteiger charge is -2.11. The Balaban J connectivity index is 1.62. The van der Waals surface area contributed by atoms with Crippen molar-refractivity contribution in [2.45, 2.75) is 37.9 Å². The first-order valence-corrected chi connectivity index (χ1v) is 6.35. The molecule has 1 aliphatic rings. The van der Waals surface area contributed by atoms with Crippen molar-refractivity contribution in [3.63, 3.8) is 0 Å². The van der Waals surface area contributed by atoms with E-state index < -0.39 is 6.10 Å². The van der Waals surface area contributed by atoms with E-state index in [0.717, 1.165) is 25.9 Å². The Bertz CT molecular complexity index is 357. The van der Waals surface area contributed by atoms with E-state index in [1.807, 2.05) is 0 Å². The SMILES string of the molecule is O=C(CCC1CCCO1)NCC(O)c1ccco1. The predicted molar refractivity (Wildman–Crippen MR) is 64.9 cm³/mol. The summed E-state index contributed by atoms with van der Waals surface area (Å²) in [6.07, 6.45) is 4.26. The zero-order valence-electron chi connectivity index (χ0n) is 10.3. The highest BCUT2D eigenvalue weighted by molar-refractivity contribution is 5.75. The van der Waals surface area contributed by atoms with E-state index in [4.69, 9.17) is 9.15 Å². The second kappa shape index (κ2) is 6.56. The molecule has 0 spiro atoms. The molecule has 18 heavy (non-hydrogen) atoms. The van der Waals surface area contributed by atoms with Crippen LogP contribution in [0.25, 0.3) is 0 Å². The van der Waals surface area contributed by atoms with Crippen molar-refractivity contribution in [2.24, 2.45) is 0 Å². The molecule has 0 bridgehead atoms. The molecule has 1 amide bonds. The summed E-state index contributed by atoms with van der Waals surface area (Å²) in [6.45, 7) is 0.987. The zero-order valence-corrected chi connectivity index (χ0v) is 10.3. The minimum Gasteiger partial charge on any atom is -0.467 e. The molecule has 2 atom stereocenters. The average molecular weight is 253 g/mol. The third-order valence-corrected chi connectivity index (χ3v) is 3.08. The first kappa shape index (κ1) is 13.1. The molecule has 1 fully saturated rings. The van der Waals surface area contributed by atoms with Crippen molar-refractivity contribution in [1.29, 1.82) is 0 Å². The van der Waals surface area contributed by atoms with E-state index in [1.165, 1.54) is 6.26 Å². The van der Waals surface area contributed by atoms with Crippen molar-refractivity contribution in [2.75, 3.05) is 13.2 Å². The van der Waals surface area contributed by atoms with Gasteiger partial charge in [0.1, 0.15) is 11.9 Å². The summed E-state index contributed by atoms with van der Waals surface area (Å²) in [6, 6.07) is 3.39. The molecule has 0 aliphatic carbocycles. The fourth-order valence-corrected chi connectivity index (χ4v) is 2.04. The van der Waals surface area contributed by atoms with Crippen molar-refractivity contribution < 1.29 is 19.1 Å². The minimum absolute atomic E-state index is 0.0592. The van der Waals surface area contributed by atoms with Gasteiger partial charge in [0.25, 0.3) is 0 Å². The molecule has 2 N–H and O–H groups in total. The van der Waals surface area contributed by atoms with Crippen LogP contribution in [0, 0.1) is 0 Å². The summed E-state index contributed by atoms with van der Waals surface area (Å²) in [4.78, 5) is 11.6. The lowest BCUT2D eigenvalue weighted by molar-refractivity contribution is -0.122. The van der Waals surface area contributed by atoms with E-state index in [1.54, 1.807) is 12.1 Å². The van der Waals surface area contributed by atoms with Crippen LogP contribution < -0.4 is 5.32 Å². The number of furan rings is 1. The molecule has 1 aliphatic heterocycles. The van der Waals surface area contributed by atoms with Crippen LogP contribution >= 0.6 is 0 Å². The van der Waals surface area contributed by atoms with Crippen LogP contribution in [0.15, 0.2) is 22.8 Å². The topological polar surface area (TPSA) is 71.7 Å². The summed E-state index contributed by atoms with van der Waals surface area (Å²) < 4.78 is 10.5. The Morgan fingerprint density at radius 2 is 2.50 bits per heavy atom. The van der Waals surface area contributed by atoms with Gasteiger partial charge in [-0.05, 0) is 31.4 Å². The van der Waals surface area contributed by atoms with Crippen molar-refractivity contribution in [1.82, 2.24) is 5.32 Å². The van der Waals surface area contributed by atoms with Gasteiger partial charge in [0.2, 0.25) is 5.91 Å². The normalized spacial score (nSPS) is 20.8. The number of rotatable bonds is 6. The van der Waals surface area contributed by atoms with Gasteiger partial charge < -0.3 is 19.6 Å². The van der Waals surface area contributed by atoms with Crippen LogP contribution in [0.4, 0.5) is 0 Å². The molecule has 1 saturated heterocycles. The van der Waals surface area contributed by atoms with Crippen LogP contribution in [0.2, 0.25) is 0 Å². The number of carbonyl (C=O) groups is 1. The summed E-state index contributed by atoms with van der Waals surface area (Å²) in [5.74, 6) is 0.408. The van der Waals surface area contributed by atoms with Gasteiger partial charge in [-0.3, -0.25) is 4.79 Å². The van der Waals surface area contributed by atoms with E-state index in [0.29, 0.717) is 12.2 Å². The maximum Gasteiger partial charge on any atom is 0.220 e. The molecule has 2 unspecified atom stereocenters. The molecule has 2 rings (SSSR count). The second-order valence-corrected chi connectivity index (χ2v) is 4.51. The number of amides is 1. The Morgan fingerprint density at radius 1 is 1.61 bits per heavy atom. The molecule has 1 aromatic heterocycles. The fourth-order valence-electron chi connectivity index (χ4n) is 2.04. The second-order valence-electron chi connectivity index (χ2n) is 4.51. The predicted octanol–water partition coefficient (Wildman–Crippen LogP) is 1.39. The third-order valence-electron chi connectivity index (χ3n) is 3.08. The van der Waals surface area contributed by atoms with Crippen LogP contribution in [0.1, 0.15) is 37.5 Å². The number of aliphatic hydroxyl groups is 1. The third kappa shape index (κ3) is 3.85. The Labute approximate surface area is 106 Å². The van der Waals surface area contributed by atoms with Crippen LogP contribution in [0.5, 0.6) is 0 Å². The average Bonchev–Trinajstić information content (AvgIpc) is 3.05. The van der Waals surface area contributed by atoms with E-state index in [9.17, 15) is 9.90 Å². The molecule has 0 saturated carbocycles. The number of hydrogen-bond acceptors (Lipinski definition) is 4. The molecule has 100 valence electrons. The van der Waals surface area contributed by atoms with Gasteiger partial charge in [-0.2, -0.15) is 0 Å². The molecular weight excluding hydrogens is 234 g/mol. The summed E-state index contributed by atoms with van der Waals surface area (Å²) in [5, 5.41) is 12.4. The van der Waals surface area contributed by atoms with Crippen LogP contribution in [-0.2, 0) is 9.53 Å². The molecule has 1 aromatic rings. The zero-order chi connectivity index (χ0) is 12.8. The van der Waals surface area contributed by atoms with Gasteiger partial charge in [-0.1, -0.05) is 0 Å². The standard InChI is InChI=1S/C13H19NO4/c15-11(12-4-2-8-18-12)9-14-13(16)6-5-10-3-1-7-17-10/h2,4,8,10-11,15H,1,3,5-7,9H2,(H,14,16). The first-order chi connectivity index (χ1) is 8.75. The van der Waals surface area contributed by atoms with Crippen LogP contribution in [0.3, 0.4) is 0 Å². The summed E-state index contributed by atoms with van der Waals surface area (Å²) in [5.41, 5.74) is 0. The molecule has 5 nitrogen and oxygen atoms in total. The van der Waals surface area contributed by atoms with Crippen molar-refractivity contribution in [3.05, 3.63) is 24.2 Å². The Kier molecular flexibility index (Phi) is 4.78. The van der Waals surface area contributed by atoms with Crippen molar-refractivity contribution in [3.8, 4) is 0 Å². The molecule has 0 aromatic carbocycles. The largest absolute Gasteiger partial charge is 0.467 e. The maximum absolute atomic E-state index is 11.6. The molecular formula is C13H19NO4. The van der Waals surface area contributed by atoms with Gasteiger partial charge in [0.05, 0.1) is 18.9 Å². The fraction of sp³-hybridized carbons (Fsp3) is 0.615. The van der Waals surface area contributed by atoms with Gasteiger partial charge in [0.15, 0.2) is 0 Å². The maximum atomic E-state index is 11.6. The quantitative estimate of drug-likeness (QED) is 0.803. The van der Waals surface area contributed by atoms with E-state index in [2.05, 4.69) is 5.32 Å². The van der Waals surface area contributed by atoms with E-state index in [-0.39, 0.29) is 18.6 Å². The smallest absolute Gasteiger partial charge is 0.220 e. The first-order valence-electron chi connectivity index (χ1n) is 6.35. The monoisotopic (exact) mass is 253 g/mol. The summed E-state index contributed by atoms with van der Waals surface area (Å²) in [7, 11) is 0. The highest BCUT2D eigenvalue weighted by atomic mass is 16.5. The summed E-state index contributed by atoms with van der Waals surface area (Å²) >= 11 is 0. The lowest BCUT2D eigenvalue weighted by atomic mass is 10.1. The highest BCUT2D eigenvalue weighted by Crippen LogP contribution is 2.16. The number of hydrogen-bond donors (Lipinski definition) is 2. The number of aliphatic hydroxyl groups excluding tert-OH is 1. The van der Waals surface area contributed by atoms with Gasteiger partial charge in [-0.25, -0.2) is 0 Å². The van der Waals surface area contributed by atoms with Gasteiger partial charge >= 0.3 is 0 Å². The number of ether oxygens (including phenoxy) is 1. The van der Waals surface area contributed by atoms with Crippen molar-refractivity contribution >= 4 is 5.91 Å². The minimum atomic E-state index is -0.785. The molecule has 2 heterocycles. The van der Waals surface area contributed by atoms with Crippen LogP contribution in [-0.4, -0.2) is 30.3 Å². The number of nitrogens with one attached hydrogen (secondary N) is 1. The number of carbonyl (C=O) groups excluding carboxylic acids is 1. The van der Waals surface area contributed by atoms with Gasteiger partial charge in [-0.15, -0.1) is 0 Å². The Hall–Kier alpha value is -1.33. The molecule has 5 heteroatoms. The Morgan fingerprint density at radius 3 is 3.17 bits per heavy atom. The van der Waals surface area contributed by atoms with E-state index >= 15 is 0 Å². The lowest BCUT2D eigenvalue weighted by Crippen LogP contribution is -2.28.